The molecule has 1 aromatic carbocycles. The third-order valence-electron chi connectivity index (χ3n) is 3.34. The van der Waals surface area contributed by atoms with E-state index in [9.17, 15) is 13.2 Å². The van der Waals surface area contributed by atoms with E-state index in [0.29, 0.717) is 19.5 Å². The molecule has 0 atom stereocenters. The number of benzene rings is 1. The fourth-order valence-electron chi connectivity index (χ4n) is 1.71. The van der Waals surface area contributed by atoms with Crippen LogP contribution in [-0.4, -0.2) is 17.6 Å². The Morgan fingerprint density at radius 1 is 1.24 bits per heavy atom. The van der Waals surface area contributed by atoms with Crippen molar-refractivity contribution in [1.82, 2.24) is 5.32 Å². The van der Waals surface area contributed by atoms with Crippen LogP contribution in [0.1, 0.15) is 31.4 Å². The molecule has 7 heteroatoms. The van der Waals surface area contributed by atoms with Crippen LogP contribution < -0.4 is 11.1 Å². The van der Waals surface area contributed by atoms with Crippen LogP contribution in [0.5, 0.6) is 0 Å². The molecule has 4 N–H and O–H groups in total. The molecule has 0 unspecified atom stereocenters. The van der Waals surface area contributed by atoms with Crippen LogP contribution in [0, 0.1) is 5.41 Å². The Labute approximate surface area is 121 Å². The SMILES string of the molecule is CC(C)(CCNCc1ccc(C(F)(F)F)cc1)C(N)=NO. The minimum absolute atomic E-state index is 0.152. The van der Waals surface area contributed by atoms with Gasteiger partial charge in [-0.25, -0.2) is 0 Å². The number of alkyl halides is 3. The van der Waals surface area contributed by atoms with Crippen molar-refractivity contribution < 1.29 is 18.4 Å². The first-order valence-corrected chi connectivity index (χ1v) is 6.51. The van der Waals surface area contributed by atoms with Crippen molar-refractivity contribution in [2.24, 2.45) is 16.3 Å². The number of hydrogen-bond acceptors (Lipinski definition) is 3. The summed E-state index contributed by atoms with van der Waals surface area (Å²) in [6.07, 6.45) is -3.67. The van der Waals surface area contributed by atoms with Gasteiger partial charge >= 0.3 is 6.18 Å². The largest absolute Gasteiger partial charge is 0.416 e. The maximum absolute atomic E-state index is 12.4. The van der Waals surface area contributed by atoms with Gasteiger partial charge in [0.05, 0.1) is 5.56 Å². The summed E-state index contributed by atoms with van der Waals surface area (Å²) in [7, 11) is 0. The quantitative estimate of drug-likeness (QED) is 0.249. The van der Waals surface area contributed by atoms with Crippen molar-refractivity contribution in [2.75, 3.05) is 6.54 Å². The Bertz CT molecular complexity index is 481. The molecule has 0 radical (unpaired) electrons. The average molecular weight is 303 g/mol. The maximum atomic E-state index is 12.4. The highest BCUT2D eigenvalue weighted by Crippen LogP contribution is 2.29. The lowest BCUT2D eigenvalue weighted by Gasteiger charge is -2.22. The Kier molecular flexibility index (Phi) is 5.60. The van der Waals surface area contributed by atoms with Crippen LogP contribution in [0.25, 0.3) is 0 Å². The van der Waals surface area contributed by atoms with Gasteiger partial charge in [0.2, 0.25) is 0 Å². The van der Waals surface area contributed by atoms with Crippen LogP contribution in [-0.2, 0) is 12.7 Å². The van der Waals surface area contributed by atoms with Gasteiger partial charge in [0.1, 0.15) is 5.84 Å². The molecule has 1 aromatic rings. The van der Waals surface area contributed by atoms with Crippen molar-refractivity contribution in [2.45, 2.75) is 33.0 Å². The van der Waals surface area contributed by atoms with Crippen molar-refractivity contribution in [3.8, 4) is 0 Å². The van der Waals surface area contributed by atoms with Gasteiger partial charge in [-0.3, -0.25) is 0 Å². The Morgan fingerprint density at radius 3 is 2.29 bits per heavy atom. The molecule has 0 spiro atoms. The van der Waals surface area contributed by atoms with Crippen molar-refractivity contribution in [3.05, 3.63) is 35.4 Å². The van der Waals surface area contributed by atoms with Gasteiger partial charge in [0, 0.05) is 12.0 Å². The Hall–Kier alpha value is -1.76. The van der Waals surface area contributed by atoms with Crippen molar-refractivity contribution in [3.63, 3.8) is 0 Å². The third-order valence-corrected chi connectivity index (χ3v) is 3.34. The maximum Gasteiger partial charge on any atom is 0.416 e. The molecule has 0 bridgehead atoms. The van der Waals surface area contributed by atoms with Crippen LogP contribution in [0.3, 0.4) is 0 Å². The van der Waals surface area contributed by atoms with E-state index >= 15 is 0 Å². The van der Waals surface area contributed by atoms with Crippen molar-refractivity contribution >= 4 is 5.84 Å². The number of nitrogens with two attached hydrogens (primary N) is 1. The van der Waals surface area contributed by atoms with Crippen LogP contribution in [0.4, 0.5) is 13.2 Å². The smallest absolute Gasteiger partial charge is 0.409 e. The van der Waals surface area contributed by atoms with E-state index in [2.05, 4.69) is 10.5 Å². The second kappa shape index (κ2) is 6.80. The average Bonchev–Trinajstić information content (AvgIpc) is 2.42. The molecule has 0 heterocycles. The van der Waals surface area contributed by atoms with Gasteiger partial charge in [-0.2, -0.15) is 13.2 Å². The summed E-state index contributed by atoms with van der Waals surface area (Å²) in [5.74, 6) is 0.152. The van der Waals surface area contributed by atoms with E-state index in [-0.39, 0.29) is 5.84 Å². The van der Waals surface area contributed by atoms with Gasteiger partial charge < -0.3 is 16.3 Å². The second-order valence-corrected chi connectivity index (χ2v) is 5.49. The molecular formula is C14H20F3N3O. The number of hydrogen-bond donors (Lipinski definition) is 3. The van der Waals surface area contributed by atoms with E-state index in [1.807, 2.05) is 13.8 Å². The molecule has 0 saturated carbocycles. The monoisotopic (exact) mass is 303 g/mol. The topological polar surface area (TPSA) is 70.6 Å². The first-order chi connectivity index (χ1) is 9.66. The number of nitrogens with zero attached hydrogens (tertiary/aromatic N) is 1. The summed E-state index contributed by atoms with van der Waals surface area (Å²) >= 11 is 0. The molecule has 0 aliphatic rings. The standard InChI is InChI=1S/C14H20F3N3O/c1-13(2,12(18)20-21)7-8-19-9-10-3-5-11(6-4-10)14(15,16)17/h3-6,19,21H,7-9H2,1-2H3,(H2,18,20). The normalized spacial score (nSPS) is 13.5. The molecule has 118 valence electrons. The van der Waals surface area contributed by atoms with Gasteiger partial charge in [0.15, 0.2) is 0 Å². The zero-order chi connectivity index (χ0) is 16.1. The highest BCUT2D eigenvalue weighted by atomic mass is 19.4. The van der Waals surface area contributed by atoms with Crippen LogP contribution >= 0.6 is 0 Å². The van der Waals surface area contributed by atoms with Gasteiger partial charge in [-0.1, -0.05) is 31.1 Å². The first kappa shape index (κ1) is 17.3. The second-order valence-electron chi connectivity index (χ2n) is 5.49. The molecule has 0 amide bonds. The van der Waals surface area contributed by atoms with E-state index in [4.69, 9.17) is 10.9 Å². The summed E-state index contributed by atoms with van der Waals surface area (Å²) < 4.78 is 37.2. The Morgan fingerprint density at radius 2 is 1.81 bits per heavy atom. The fraction of sp³-hybridized carbons (Fsp3) is 0.500. The number of rotatable bonds is 6. The minimum Gasteiger partial charge on any atom is -0.409 e. The fourth-order valence-corrected chi connectivity index (χ4v) is 1.71. The molecule has 0 aromatic heterocycles. The van der Waals surface area contributed by atoms with E-state index in [1.54, 1.807) is 0 Å². The zero-order valence-electron chi connectivity index (χ0n) is 12.0. The first-order valence-electron chi connectivity index (χ1n) is 6.51. The lowest BCUT2D eigenvalue weighted by molar-refractivity contribution is -0.137. The molecular weight excluding hydrogens is 283 g/mol. The van der Waals surface area contributed by atoms with Gasteiger partial charge in [-0.05, 0) is 30.7 Å². The summed E-state index contributed by atoms with van der Waals surface area (Å²) in [4.78, 5) is 0. The van der Waals surface area contributed by atoms with E-state index in [0.717, 1.165) is 17.7 Å². The number of amidine groups is 1. The highest BCUT2D eigenvalue weighted by Gasteiger charge is 2.29. The molecule has 1 rings (SSSR count). The predicted octanol–water partition coefficient (Wildman–Crippen LogP) is 2.96. The van der Waals surface area contributed by atoms with Crippen LogP contribution in [0.15, 0.2) is 29.4 Å². The zero-order valence-corrected chi connectivity index (χ0v) is 12.0. The number of oxime groups is 1. The Balaban J connectivity index is 2.43. The van der Waals surface area contributed by atoms with E-state index < -0.39 is 17.2 Å². The molecule has 4 nitrogen and oxygen atoms in total. The molecule has 0 aliphatic carbocycles. The predicted molar refractivity (Wildman–Crippen MR) is 75.0 cm³/mol. The molecule has 0 saturated heterocycles. The van der Waals surface area contributed by atoms with Gasteiger partial charge in [0.25, 0.3) is 0 Å². The lowest BCUT2D eigenvalue weighted by Crippen LogP contribution is -2.34. The van der Waals surface area contributed by atoms with Crippen molar-refractivity contribution in [1.29, 1.82) is 0 Å². The number of halogens is 3. The summed E-state index contributed by atoms with van der Waals surface area (Å²) in [5, 5.41) is 14.8. The molecule has 0 fully saturated rings. The minimum atomic E-state index is -4.31. The summed E-state index contributed by atoms with van der Waals surface area (Å²) in [6.45, 7) is 4.76. The summed E-state index contributed by atoms with van der Waals surface area (Å²) in [6, 6.07) is 5.03. The van der Waals surface area contributed by atoms with E-state index in [1.165, 1.54) is 12.1 Å². The summed E-state index contributed by atoms with van der Waals surface area (Å²) in [5.41, 5.74) is 5.24. The van der Waals surface area contributed by atoms with Gasteiger partial charge in [-0.15, -0.1) is 0 Å². The highest BCUT2D eigenvalue weighted by molar-refractivity contribution is 5.85. The molecule has 21 heavy (non-hydrogen) atoms. The third kappa shape index (κ3) is 5.26. The number of nitrogens with one attached hydrogen (secondary N) is 1. The lowest BCUT2D eigenvalue weighted by atomic mass is 9.88. The molecule has 0 aliphatic heterocycles. The van der Waals surface area contributed by atoms with Crippen LogP contribution in [0.2, 0.25) is 0 Å².